The van der Waals surface area contributed by atoms with Gasteiger partial charge in [-0.1, -0.05) is 30.3 Å². The largest absolute Gasteiger partial charge is 0.453 e. The summed E-state index contributed by atoms with van der Waals surface area (Å²) in [5, 5.41) is 17.5. The van der Waals surface area contributed by atoms with Crippen molar-refractivity contribution in [2.24, 2.45) is 0 Å². The summed E-state index contributed by atoms with van der Waals surface area (Å²) in [7, 11) is 0. The molecule has 104 valence electrons. The maximum atomic E-state index is 8.74. The molecule has 0 bridgehead atoms. The summed E-state index contributed by atoms with van der Waals surface area (Å²) in [6.07, 6.45) is 4.76. The Balaban J connectivity index is 2.39. The Bertz CT molecular complexity index is 683. The van der Waals surface area contributed by atoms with Crippen LogP contribution in [0.5, 0.6) is 0 Å². The molecule has 0 radical (unpaired) electrons. The fourth-order valence-electron chi connectivity index (χ4n) is 1.85. The highest BCUT2D eigenvalue weighted by Crippen LogP contribution is 2.32. The zero-order valence-electron chi connectivity index (χ0n) is 11.8. The number of hydrogen-bond donors (Lipinski definition) is 0. The van der Waals surface area contributed by atoms with E-state index in [0.29, 0.717) is 11.5 Å². The standard InChI is InChI=1S/C17H14N2O2/c1-17(2)20-15(9-8-13(11-18)12-19)10-16(21-17)14-6-4-3-5-7-14/h3-10H,1-2H3. The molecule has 1 aromatic rings. The van der Waals surface area contributed by atoms with Crippen LogP contribution in [0.1, 0.15) is 19.4 Å². The monoisotopic (exact) mass is 278 g/mol. The van der Waals surface area contributed by atoms with Crippen molar-refractivity contribution >= 4 is 5.76 Å². The van der Waals surface area contributed by atoms with Gasteiger partial charge in [-0.25, -0.2) is 0 Å². The second-order valence-corrected chi connectivity index (χ2v) is 4.85. The number of benzene rings is 1. The van der Waals surface area contributed by atoms with Crippen LogP contribution >= 0.6 is 0 Å². The van der Waals surface area contributed by atoms with Gasteiger partial charge in [-0.2, -0.15) is 10.5 Å². The molecule has 0 amide bonds. The fourth-order valence-corrected chi connectivity index (χ4v) is 1.85. The molecule has 2 rings (SSSR count). The van der Waals surface area contributed by atoms with Gasteiger partial charge in [0.05, 0.1) is 0 Å². The van der Waals surface area contributed by atoms with E-state index < -0.39 is 5.79 Å². The molecular weight excluding hydrogens is 264 g/mol. The van der Waals surface area contributed by atoms with Gasteiger partial charge in [0.25, 0.3) is 0 Å². The van der Waals surface area contributed by atoms with Gasteiger partial charge in [-0.15, -0.1) is 0 Å². The summed E-state index contributed by atoms with van der Waals surface area (Å²) >= 11 is 0. The molecule has 0 saturated heterocycles. The van der Waals surface area contributed by atoms with Crippen LogP contribution in [0.15, 0.2) is 59.9 Å². The number of ether oxygens (including phenoxy) is 2. The Morgan fingerprint density at radius 3 is 2.38 bits per heavy atom. The van der Waals surface area contributed by atoms with Gasteiger partial charge in [0.1, 0.15) is 29.2 Å². The molecule has 1 aliphatic rings. The third kappa shape index (κ3) is 3.75. The van der Waals surface area contributed by atoms with Crippen LogP contribution in [0, 0.1) is 22.7 Å². The van der Waals surface area contributed by atoms with Crippen LogP contribution in [-0.2, 0) is 9.47 Å². The number of rotatable bonds is 2. The molecular formula is C17H14N2O2. The normalized spacial score (nSPS) is 17.5. The van der Waals surface area contributed by atoms with Crippen LogP contribution in [0.25, 0.3) is 5.76 Å². The van der Waals surface area contributed by atoms with Crippen molar-refractivity contribution in [3.8, 4) is 12.1 Å². The summed E-state index contributed by atoms with van der Waals surface area (Å²) in [6.45, 7) is 3.60. The van der Waals surface area contributed by atoms with Crippen molar-refractivity contribution in [2.75, 3.05) is 0 Å². The van der Waals surface area contributed by atoms with E-state index in [1.165, 1.54) is 6.08 Å². The van der Waals surface area contributed by atoms with Gasteiger partial charge < -0.3 is 9.47 Å². The topological polar surface area (TPSA) is 66.0 Å². The van der Waals surface area contributed by atoms with Crippen LogP contribution in [0.3, 0.4) is 0 Å². The van der Waals surface area contributed by atoms with Crippen LogP contribution in [-0.4, -0.2) is 5.79 Å². The van der Waals surface area contributed by atoms with E-state index >= 15 is 0 Å². The van der Waals surface area contributed by atoms with Crippen molar-refractivity contribution in [2.45, 2.75) is 19.6 Å². The maximum absolute atomic E-state index is 8.74. The SMILES string of the molecule is CC1(C)OC(=CC=C(C#N)C#N)C=C(c2ccccc2)O1. The summed E-state index contributed by atoms with van der Waals surface area (Å²) < 4.78 is 11.5. The summed E-state index contributed by atoms with van der Waals surface area (Å²) in [5.74, 6) is 0.397. The molecule has 0 fully saturated rings. The molecule has 1 heterocycles. The van der Waals surface area contributed by atoms with E-state index in [1.54, 1.807) is 38.1 Å². The van der Waals surface area contributed by atoms with Crippen molar-refractivity contribution in [3.63, 3.8) is 0 Å². The minimum absolute atomic E-state index is 0.0186. The summed E-state index contributed by atoms with van der Waals surface area (Å²) in [6, 6.07) is 13.3. The van der Waals surface area contributed by atoms with E-state index in [1.807, 2.05) is 30.3 Å². The van der Waals surface area contributed by atoms with E-state index in [0.717, 1.165) is 5.56 Å². The van der Waals surface area contributed by atoms with Gasteiger partial charge in [-0.3, -0.25) is 0 Å². The van der Waals surface area contributed by atoms with Crippen molar-refractivity contribution in [1.82, 2.24) is 0 Å². The van der Waals surface area contributed by atoms with Crippen molar-refractivity contribution in [3.05, 3.63) is 65.5 Å². The molecule has 1 aromatic carbocycles. The van der Waals surface area contributed by atoms with E-state index in [9.17, 15) is 0 Å². The second kappa shape index (κ2) is 5.98. The molecule has 0 spiro atoms. The van der Waals surface area contributed by atoms with E-state index in [-0.39, 0.29) is 5.57 Å². The summed E-state index contributed by atoms with van der Waals surface area (Å²) in [4.78, 5) is 0. The van der Waals surface area contributed by atoms with Crippen molar-refractivity contribution in [1.29, 1.82) is 10.5 Å². The average Bonchev–Trinajstić information content (AvgIpc) is 2.47. The molecule has 0 saturated carbocycles. The predicted molar refractivity (Wildman–Crippen MR) is 78.1 cm³/mol. The molecule has 21 heavy (non-hydrogen) atoms. The minimum atomic E-state index is -0.820. The van der Waals surface area contributed by atoms with Crippen LogP contribution in [0.2, 0.25) is 0 Å². The first-order valence-corrected chi connectivity index (χ1v) is 6.41. The zero-order valence-corrected chi connectivity index (χ0v) is 11.8. The molecule has 0 unspecified atom stereocenters. The highest BCUT2D eigenvalue weighted by atomic mass is 16.7. The third-order valence-electron chi connectivity index (χ3n) is 2.71. The van der Waals surface area contributed by atoms with Gasteiger partial charge in [0.2, 0.25) is 5.79 Å². The van der Waals surface area contributed by atoms with Crippen LogP contribution in [0.4, 0.5) is 0 Å². The zero-order chi connectivity index (χ0) is 15.3. The maximum Gasteiger partial charge on any atom is 0.245 e. The third-order valence-corrected chi connectivity index (χ3v) is 2.71. The number of nitriles is 2. The lowest BCUT2D eigenvalue weighted by atomic mass is 10.1. The summed E-state index contributed by atoms with van der Waals surface area (Å²) in [5.41, 5.74) is 0.953. The number of nitrogens with zero attached hydrogens (tertiary/aromatic N) is 2. The van der Waals surface area contributed by atoms with Gasteiger partial charge >= 0.3 is 0 Å². The lowest BCUT2D eigenvalue weighted by Crippen LogP contribution is -2.30. The van der Waals surface area contributed by atoms with Crippen LogP contribution < -0.4 is 0 Å². The Morgan fingerprint density at radius 1 is 1.10 bits per heavy atom. The molecule has 4 heteroatoms. The Morgan fingerprint density at radius 2 is 1.76 bits per heavy atom. The highest BCUT2D eigenvalue weighted by Gasteiger charge is 2.28. The second-order valence-electron chi connectivity index (χ2n) is 4.85. The Hall–Kier alpha value is -2.98. The first-order valence-electron chi connectivity index (χ1n) is 6.41. The van der Waals surface area contributed by atoms with Crippen molar-refractivity contribution < 1.29 is 9.47 Å². The quantitative estimate of drug-likeness (QED) is 0.774. The molecule has 0 N–H and O–H groups in total. The lowest BCUT2D eigenvalue weighted by Gasteiger charge is -2.33. The Labute approximate surface area is 123 Å². The molecule has 1 aliphatic heterocycles. The van der Waals surface area contributed by atoms with Gasteiger partial charge in [0, 0.05) is 25.5 Å². The average molecular weight is 278 g/mol. The number of allylic oxidation sites excluding steroid dienone is 4. The molecule has 0 atom stereocenters. The Kier molecular flexibility index (Phi) is 4.11. The molecule has 4 nitrogen and oxygen atoms in total. The smallest absolute Gasteiger partial charge is 0.245 e. The fraction of sp³-hybridized carbons (Fsp3) is 0.176. The van der Waals surface area contributed by atoms with Gasteiger partial charge in [-0.05, 0) is 12.2 Å². The van der Waals surface area contributed by atoms with E-state index in [2.05, 4.69) is 0 Å². The molecule has 0 aliphatic carbocycles. The van der Waals surface area contributed by atoms with E-state index in [4.69, 9.17) is 20.0 Å². The lowest BCUT2D eigenvalue weighted by molar-refractivity contribution is -0.149. The predicted octanol–water partition coefficient (Wildman–Crippen LogP) is 3.67. The first-order chi connectivity index (χ1) is 10.0. The first kappa shape index (κ1) is 14.4. The highest BCUT2D eigenvalue weighted by molar-refractivity contribution is 5.63. The minimum Gasteiger partial charge on any atom is -0.453 e. The number of hydrogen-bond acceptors (Lipinski definition) is 4. The van der Waals surface area contributed by atoms with Gasteiger partial charge in [0.15, 0.2) is 0 Å². The molecule has 0 aromatic heterocycles.